The first-order valence-corrected chi connectivity index (χ1v) is 9.69. The van der Waals surface area contributed by atoms with Gasteiger partial charge in [0.05, 0.1) is 38.3 Å². The van der Waals surface area contributed by atoms with Crippen LogP contribution in [0.1, 0.15) is 5.69 Å². The molecule has 10 heteroatoms. The number of hydrogen-bond acceptors (Lipinski definition) is 4. The Bertz CT molecular complexity index is 1100. The summed E-state index contributed by atoms with van der Waals surface area (Å²) in [5.41, 5.74) is 1.39. The number of anilines is 1. The Balaban J connectivity index is 1.96. The van der Waals surface area contributed by atoms with Gasteiger partial charge in [-0.25, -0.2) is 8.42 Å². The van der Waals surface area contributed by atoms with Gasteiger partial charge in [-0.1, -0.05) is 23.2 Å². The molecule has 0 unspecified atom stereocenters. The zero-order valence-corrected chi connectivity index (χ0v) is 15.8. The van der Waals surface area contributed by atoms with Crippen LogP contribution < -0.4 is 10.0 Å². The number of hydrogen-bond donors (Lipinski definition) is 3. The minimum Gasteiger partial charge on any atom is -0.359 e. The Morgan fingerprint density at radius 3 is 2.62 bits per heavy atom. The summed E-state index contributed by atoms with van der Waals surface area (Å²) in [5.74, 6) is -0.210. The van der Waals surface area contributed by atoms with Crippen LogP contribution in [0.5, 0.6) is 0 Å². The number of carbonyl (C=O) groups is 1. The molecule has 3 rings (SSSR count). The fraction of sp³-hybridized carbons (Fsp3) is 0.125. The lowest BCUT2D eigenvalue weighted by atomic mass is 10.1. The van der Waals surface area contributed by atoms with Crippen molar-refractivity contribution in [2.75, 3.05) is 11.8 Å². The minimum absolute atomic E-state index is 0.0376. The summed E-state index contributed by atoms with van der Waals surface area (Å²) in [6.07, 6.45) is 0.0662. The first-order chi connectivity index (χ1) is 12.3. The van der Waals surface area contributed by atoms with Crippen molar-refractivity contribution in [1.29, 1.82) is 0 Å². The highest BCUT2D eigenvalue weighted by Crippen LogP contribution is 2.27. The van der Waals surface area contributed by atoms with E-state index in [1.807, 2.05) is 0 Å². The number of amides is 1. The molecule has 3 aromatic rings. The number of nitrogens with one attached hydrogen (secondary N) is 3. The average molecular weight is 413 g/mol. The van der Waals surface area contributed by atoms with Crippen LogP contribution in [0.25, 0.3) is 10.9 Å². The van der Waals surface area contributed by atoms with E-state index in [1.165, 1.54) is 37.4 Å². The van der Waals surface area contributed by atoms with Crippen molar-refractivity contribution in [3.05, 3.63) is 52.1 Å². The molecule has 0 bridgehead atoms. The molecular weight excluding hydrogens is 399 g/mol. The predicted octanol–water partition coefficient (Wildman–Crippen LogP) is 2.96. The van der Waals surface area contributed by atoms with Crippen LogP contribution in [0.3, 0.4) is 0 Å². The van der Waals surface area contributed by atoms with E-state index in [0.29, 0.717) is 21.6 Å². The van der Waals surface area contributed by atoms with Crippen molar-refractivity contribution in [1.82, 2.24) is 15.5 Å². The molecule has 26 heavy (non-hydrogen) atoms. The highest BCUT2D eigenvalue weighted by molar-refractivity contribution is 7.92. The molecule has 0 saturated carbocycles. The van der Waals surface area contributed by atoms with Crippen molar-refractivity contribution in [3.63, 3.8) is 0 Å². The molecule has 1 amide bonds. The third kappa shape index (κ3) is 3.77. The molecule has 0 spiro atoms. The normalized spacial score (nSPS) is 11.5. The minimum atomic E-state index is -3.86. The van der Waals surface area contributed by atoms with Gasteiger partial charge in [-0.05, 0) is 36.4 Å². The number of aromatic amines is 1. The maximum absolute atomic E-state index is 12.7. The maximum Gasteiger partial charge on any atom is 0.261 e. The summed E-state index contributed by atoms with van der Waals surface area (Å²) in [7, 11) is -2.33. The molecule has 0 atom stereocenters. The molecule has 0 radical (unpaired) electrons. The van der Waals surface area contributed by atoms with E-state index in [4.69, 9.17) is 23.2 Å². The van der Waals surface area contributed by atoms with E-state index in [1.54, 1.807) is 6.07 Å². The zero-order chi connectivity index (χ0) is 18.9. The SMILES string of the molecule is CNC(=O)Cc1[nH]nc2ccc(S(=O)(=O)Nc3ccc(Cl)c(Cl)c3)cc12. The van der Waals surface area contributed by atoms with Gasteiger partial charge in [-0.3, -0.25) is 14.6 Å². The third-order valence-corrected chi connectivity index (χ3v) is 5.82. The van der Waals surface area contributed by atoms with Crippen LogP contribution in [-0.4, -0.2) is 31.6 Å². The second-order valence-corrected chi connectivity index (χ2v) is 7.96. The lowest BCUT2D eigenvalue weighted by Crippen LogP contribution is -2.20. The number of halogens is 2. The van der Waals surface area contributed by atoms with Crippen LogP contribution in [0.4, 0.5) is 5.69 Å². The van der Waals surface area contributed by atoms with E-state index < -0.39 is 10.0 Å². The molecule has 0 fully saturated rings. The van der Waals surface area contributed by atoms with Gasteiger partial charge in [0, 0.05) is 12.4 Å². The number of aromatic nitrogens is 2. The van der Waals surface area contributed by atoms with Crippen molar-refractivity contribution >= 4 is 55.7 Å². The first-order valence-electron chi connectivity index (χ1n) is 7.45. The quantitative estimate of drug-likeness (QED) is 0.598. The Labute approximate surface area is 159 Å². The number of nitrogens with zero attached hydrogens (tertiary/aromatic N) is 1. The molecule has 3 N–H and O–H groups in total. The molecule has 0 aliphatic rings. The number of carbonyl (C=O) groups excluding carboxylic acids is 1. The summed E-state index contributed by atoms with van der Waals surface area (Å²) in [5, 5.41) is 10.5. The standard InChI is InChI=1S/C16H14Cl2N4O3S/c1-19-16(23)8-15-11-7-10(3-5-14(11)20-21-15)26(24,25)22-9-2-4-12(17)13(18)6-9/h2-7,22H,8H2,1H3,(H,19,23)(H,20,21). The second kappa shape index (κ2) is 7.14. The predicted molar refractivity (Wildman–Crippen MR) is 101 cm³/mol. The summed E-state index contributed by atoms with van der Waals surface area (Å²) >= 11 is 11.8. The van der Waals surface area contributed by atoms with Crippen molar-refractivity contribution in [3.8, 4) is 0 Å². The Morgan fingerprint density at radius 1 is 1.15 bits per heavy atom. The van der Waals surface area contributed by atoms with E-state index in [2.05, 4.69) is 20.2 Å². The summed E-state index contributed by atoms with van der Waals surface area (Å²) < 4.78 is 27.8. The van der Waals surface area contributed by atoms with Crippen molar-refractivity contribution in [2.24, 2.45) is 0 Å². The summed E-state index contributed by atoms with van der Waals surface area (Å²) in [4.78, 5) is 11.6. The topological polar surface area (TPSA) is 104 Å². The van der Waals surface area contributed by atoms with Gasteiger partial charge in [0.15, 0.2) is 0 Å². The molecule has 1 aromatic heterocycles. The molecule has 2 aromatic carbocycles. The number of benzene rings is 2. The summed E-state index contributed by atoms with van der Waals surface area (Å²) in [6, 6.07) is 8.92. The van der Waals surface area contributed by atoms with Crippen LogP contribution in [0.15, 0.2) is 41.3 Å². The van der Waals surface area contributed by atoms with Crippen molar-refractivity contribution in [2.45, 2.75) is 11.3 Å². The smallest absolute Gasteiger partial charge is 0.261 e. The molecular formula is C16H14Cl2N4O3S. The number of rotatable bonds is 5. The maximum atomic E-state index is 12.7. The average Bonchev–Trinajstić information content (AvgIpc) is 3.00. The molecule has 0 aliphatic carbocycles. The first kappa shape index (κ1) is 18.5. The third-order valence-electron chi connectivity index (χ3n) is 3.70. The van der Waals surface area contributed by atoms with E-state index in [0.717, 1.165) is 0 Å². The van der Waals surface area contributed by atoms with Gasteiger partial charge in [0.1, 0.15) is 0 Å². The molecule has 0 saturated heterocycles. The Kier molecular flexibility index (Phi) is 5.08. The van der Waals surface area contributed by atoms with Gasteiger partial charge < -0.3 is 5.32 Å². The van der Waals surface area contributed by atoms with Gasteiger partial charge in [0.25, 0.3) is 10.0 Å². The monoisotopic (exact) mass is 412 g/mol. The fourth-order valence-corrected chi connectivity index (χ4v) is 3.74. The highest BCUT2D eigenvalue weighted by Gasteiger charge is 2.18. The molecule has 1 heterocycles. The second-order valence-electron chi connectivity index (χ2n) is 5.47. The van der Waals surface area contributed by atoms with Gasteiger partial charge in [-0.15, -0.1) is 0 Å². The number of likely N-dealkylation sites (N-methyl/N-ethyl adjacent to an activating group) is 1. The van der Waals surface area contributed by atoms with Gasteiger partial charge in [-0.2, -0.15) is 5.10 Å². The fourth-order valence-electron chi connectivity index (χ4n) is 2.37. The van der Waals surface area contributed by atoms with Crippen LogP contribution >= 0.6 is 23.2 Å². The largest absolute Gasteiger partial charge is 0.359 e. The van der Waals surface area contributed by atoms with E-state index in [9.17, 15) is 13.2 Å². The number of fused-ring (bicyclic) bond motifs is 1. The lowest BCUT2D eigenvalue weighted by molar-refractivity contribution is -0.119. The van der Waals surface area contributed by atoms with Crippen LogP contribution in [-0.2, 0) is 21.2 Å². The van der Waals surface area contributed by atoms with Gasteiger partial charge in [0.2, 0.25) is 5.91 Å². The molecule has 136 valence electrons. The molecule has 0 aliphatic heterocycles. The van der Waals surface area contributed by atoms with Crippen LogP contribution in [0.2, 0.25) is 10.0 Å². The number of sulfonamides is 1. The zero-order valence-electron chi connectivity index (χ0n) is 13.5. The van der Waals surface area contributed by atoms with E-state index >= 15 is 0 Å². The molecule has 7 nitrogen and oxygen atoms in total. The van der Waals surface area contributed by atoms with Gasteiger partial charge >= 0.3 is 0 Å². The van der Waals surface area contributed by atoms with Crippen molar-refractivity contribution < 1.29 is 13.2 Å². The van der Waals surface area contributed by atoms with Crippen LogP contribution in [0, 0.1) is 0 Å². The summed E-state index contributed by atoms with van der Waals surface area (Å²) in [6.45, 7) is 0. The van der Waals surface area contributed by atoms with E-state index in [-0.39, 0.29) is 27.9 Å². The highest BCUT2D eigenvalue weighted by atomic mass is 35.5. The number of H-pyrrole nitrogens is 1. The Morgan fingerprint density at radius 2 is 1.92 bits per heavy atom. The Hall–Kier alpha value is -2.29. The lowest BCUT2D eigenvalue weighted by Gasteiger charge is -2.09.